The van der Waals surface area contributed by atoms with Crippen molar-refractivity contribution in [3.8, 4) is 0 Å². The molecule has 0 unspecified atom stereocenters. The molecule has 2 aromatic carbocycles. The van der Waals surface area contributed by atoms with E-state index in [-0.39, 0.29) is 5.56 Å². The molecule has 5 heteroatoms. The number of carbonyl (C=O) groups is 1. The monoisotopic (exact) mass is 364 g/mol. The van der Waals surface area contributed by atoms with E-state index in [0.717, 1.165) is 35.3 Å². The molecule has 0 aliphatic rings. The average Bonchev–Trinajstić information content (AvgIpc) is 2.65. The van der Waals surface area contributed by atoms with Gasteiger partial charge >= 0.3 is 5.63 Å². The number of amides is 1. The molecular weight excluding hydrogens is 340 g/mol. The fourth-order valence-corrected chi connectivity index (χ4v) is 3.12. The first-order chi connectivity index (χ1) is 12.9. The van der Waals surface area contributed by atoms with Gasteiger partial charge in [-0.2, -0.15) is 0 Å². The molecule has 3 aromatic rings. The van der Waals surface area contributed by atoms with Crippen LogP contribution in [0.4, 0.5) is 11.4 Å². The summed E-state index contributed by atoms with van der Waals surface area (Å²) in [6.07, 6.45) is 0. The van der Waals surface area contributed by atoms with Gasteiger partial charge in [0.05, 0.1) is 0 Å². The SMILES string of the molecule is CCN(CC)c1ccc2cc(C(=O)Nc3cccc(C)c3C)c(=O)oc2c1. The average molecular weight is 364 g/mol. The maximum absolute atomic E-state index is 12.6. The highest BCUT2D eigenvalue weighted by atomic mass is 16.4. The van der Waals surface area contributed by atoms with Gasteiger partial charge in [0, 0.05) is 35.9 Å². The fraction of sp³-hybridized carbons (Fsp3) is 0.273. The molecule has 1 aromatic heterocycles. The van der Waals surface area contributed by atoms with Gasteiger partial charge in [-0.25, -0.2) is 4.79 Å². The van der Waals surface area contributed by atoms with E-state index < -0.39 is 11.5 Å². The second-order valence-electron chi connectivity index (χ2n) is 6.54. The zero-order chi connectivity index (χ0) is 19.6. The minimum absolute atomic E-state index is 0.000930. The minimum atomic E-state index is -0.637. The third kappa shape index (κ3) is 3.72. The molecule has 1 amide bonds. The molecule has 0 aliphatic heterocycles. The lowest BCUT2D eigenvalue weighted by atomic mass is 10.1. The number of nitrogens with one attached hydrogen (secondary N) is 1. The van der Waals surface area contributed by atoms with Gasteiger partial charge in [0.25, 0.3) is 5.91 Å². The van der Waals surface area contributed by atoms with Gasteiger partial charge in [0.15, 0.2) is 0 Å². The molecule has 5 nitrogen and oxygen atoms in total. The molecule has 0 aliphatic carbocycles. The summed E-state index contributed by atoms with van der Waals surface area (Å²) in [6, 6.07) is 12.9. The largest absolute Gasteiger partial charge is 0.422 e. The van der Waals surface area contributed by atoms with Crippen molar-refractivity contribution in [2.45, 2.75) is 27.7 Å². The maximum Gasteiger partial charge on any atom is 0.349 e. The van der Waals surface area contributed by atoms with Gasteiger partial charge in [0.2, 0.25) is 0 Å². The number of fused-ring (bicyclic) bond motifs is 1. The zero-order valence-corrected chi connectivity index (χ0v) is 16.1. The lowest BCUT2D eigenvalue weighted by molar-refractivity contribution is 0.102. The summed E-state index contributed by atoms with van der Waals surface area (Å²) in [5, 5.41) is 3.53. The van der Waals surface area contributed by atoms with E-state index in [9.17, 15) is 9.59 Å². The number of anilines is 2. The Bertz CT molecular complexity index is 1050. The Morgan fingerprint density at radius 3 is 2.52 bits per heavy atom. The van der Waals surface area contributed by atoms with Crippen LogP contribution in [0.5, 0.6) is 0 Å². The van der Waals surface area contributed by atoms with Crippen LogP contribution in [0.1, 0.15) is 35.3 Å². The van der Waals surface area contributed by atoms with E-state index in [1.165, 1.54) is 0 Å². The number of aryl methyl sites for hydroxylation is 1. The lowest BCUT2D eigenvalue weighted by Gasteiger charge is -2.21. The summed E-state index contributed by atoms with van der Waals surface area (Å²) in [7, 11) is 0. The lowest BCUT2D eigenvalue weighted by Crippen LogP contribution is -2.22. The first-order valence-electron chi connectivity index (χ1n) is 9.15. The fourth-order valence-electron chi connectivity index (χ4n) is 3.12. The van der Waals surface area contributed by atoms with E-state index in [2.05, 4.69) is 24.1 Å². The highest BCUT2D eigenvalue weighted by Gasteiger charge is 2.16. The van der Waals surface area contributed by atoms with Gasteiger partial charge < -0.3 is 14.6 Å². The summed E-state index contributed by atoms with van der Waals surface area (Å²) < 4.78 is 5.44. The van der Waals surface area contributed by atoms with Crippen LogP contribution in [0.15, 0.2) is 51.7 Å². The van der Waals surface area contributed by atoms with Gasteiger partial charge in [-0.3, -0.25) is 4.79 Å². The molecule has 0 radical (unpaired) electrons. The Morgan fingerprint density at radius 2 is 1.81 bits per heavy atom. The molecule has 140 valence electrons. The van der Waals surface area contributed by atoms with Crippen LogP contribution >= 0.6 is 0 Å². The smallest absolute Gasteiger partial charge is 0.349 e. The molecule has 0 spiro atoms. The number of benzene rings is 2. The number of carbonyl (C=O) groups excluding carboxylic acids is 1. The van der Waals surface area contributed by atoms with Crippen LogP contribution < -0.4 is 15.8 Å². The predicted molar refractivity (Wildman–Crippen MR) is 110 cm³/mol. The highest BCUT2D eigenvalue weighted by molar-refractivity contribution is 6.05. The van der Waals surface area contributed by atoms with Crippen LogP contribution in [0.25, 0.3) is 11.0 Å². The quantitative estimate of drug-likeness (QED) is 0.677. The van der Waals surface area contributed by atoms with Gasteiger partial charge in [0.1, 0.15) is 11.1 Å². The first kappa shape index (κ1) is 18.7. The Morgan fingerprint density at radius 1 is 1.07 bits per heavy atom. The number of rotatable bonds is 5. The van der Waals surface area contributed by atoms with Gasteiger partial charge in [-0.15, -0.1) is 0 Å². The van der Waals surface area contributed by atoms with Crippen molar-refractivity contribution < 1.29 is 9.21 Å². The summed E-state index contributed by atoms with van der Waals surface area (Å²) in [4.78, 5) is 27.2. The molecular formula is C22H24N2O3. The summed E-state index contributed by atoms with van der Waals surface area (Å²) in [5.41, 5.74) is 3.57. The number of nitrogens with zero attached hydrogens (tertiary/aromatic N) is 1. The summed E-state index contributed by atoms with van der Waals surface area (Å²) in [5.74, 6) is -0.466. The minimum Gasteiger partial charge on any atom is -0.422 e. The molecule has 1 N–H and O–H groups in total. The van der Waals surface area contributed by atoms with Crippen LogP contribution in [0, 0.1) is 13.8 Å². The predicted octanol–water partition coefficient (Wildman–Crippen LogP) is 4.51. The van der Waals surface area contributed by atoms with E-state index in [1.54, 1.807) is 6.07 Å². The molecule has 0 bridgehead atoms. The molecule has 0 fully saturated rings. The van der Waals surface area contributed by atoms with Crippen LogP contribution in [0.2, 0.25) is 0 Å². The Hall–Kier alpha value is -3.08. The maximum atomic E-state index is 12.6. The molecule has 0 saturated carbocycles. The van der Waals surface area contributed by atoms with Crippen molar-refractivity contribution in [2.24, 2.45) is 0 Å². The topological polar surface area (TPSA) is 62.6 Å². The van der Waals surface area contributed by atoms with E-state index >= 15 is 0 Å². The van der Waals surface area contributed by atoms with Crippen molar-refractivity contribution in [3.05, 3.63) is 69.6 Å². The number of hydrogen-bond donors (Lipinski definition) is 1. The normalized spacial score (nSPS) is 10.8. The highest BCUT2D eigenvalue weighted by Crippen LogP contribution is 2.23. The third-order valence-corrected chi connectivity index (χ3v) is 4.95. The van der Waals surface area contributed by atoms with Crippen molar-refractivity contribution in [1.29, 1.82) is 0 Å². The van der Waals surface area contributed by atoms with E-state index in [1.807, 2.05) is 50.2 Å². The molecule has 1 heterocycles. The van der Waals surface area contributed by atoms with E-state index in [4.69, 9.17) is 4.42 Å². The second-order valence-corrected chi connectivity index (χ2v) is 6.54. The standard InChI is InChI=1S/C22H24N2O3/c1-5-24(6-2)17-11-10-16-12-18(22(26)27-20(16)13-17)21(25)23-19-9-7-8-14(3)15(19)4/h7-13H,5-6H2,1-4H3,(H,23,25). The van der Waals surface area contributed by atoms with Crippen molar-refractivity contribution in [1.82, 2.24) is 0 Å². The third-order valence-electron chi connectivity index (χ3n) is 4.95. The summed E-state index contributed by atoms with van der Waals surface area (Å²) in [6.45, 7) is 9.78. The van der Waals surface area contributed by atoms with Crippen LogP contribution in [0.3, 0.4) is 0 Å². The van der Waals surface area contributed by atoms with Crippen LogP contribution in [-0.2, 0) is 0 Å². The Kier molecular flexibility index (Phi) is 5.31. The van der Waals surface area contributed by atoms with Crippen molar-refractivity contribution in [2.75, 3.05) is 23.3 Å². The van der Waals surface area contributed by atoms with Crippen molar-refractivity contribution in [3.63, 3.8) is 0 Å². The van der Waals surface area contributed by atoms with Gasteiger partial charge in [-0.05, 0) is 63.1 Å². The van der Waals surface area contributed by atoms with E-state index in [0.29, 0.717) is 11.3 Å². The van der Waals surface area contributed by atoms with Gasteiger partial charge in [-0.1, -0.05) is 12.1 Å². The van der Waals surface area contributed by atoms with Crippen molar-refractivity contribution >= 4 is 28.3 Å². The zero-order valence-electron chi connectivity index (χ0n) is 16.1. The molecule has 3 rings (SSSR count). The number of hydrogen-bond acceptors (Lipinski definition) is 4. The Labute approximate surface area is 158 Å². The molecule has 0 saturated heterocycles. The summed E-state index contributed by atoms with van der Waals surface area (Å²) >= 11 is 0. The molecule has 27 heavy (non-hydrogen) atoms. The second kappa shape index (κ2) is 7.66. The first-order valence-corrected chi connectivity index (χ1v) is 9.15. The molecule has 0 atom stereocenters. The Balaban J connectivity index is 1.96. The van der Waals surface area contributed by atoms with Crippen LogP contribution in [-0.4, -0.2) is 19.0 Å².